The number of ether oxygens (including phenoxy) is 1. The van der Waals surface area contributed by atoms with E-state index in [9.17, 15) is 9.59 Å². The number of rotatable bonds is 5. The number of benzene rings is 2. The molecule has 0 bridgehead atoms. The van der Waals surface area contributed by atoms with E-state index >= 15 is 4.39 Å². The van der Waals surface area contributed by atoms with Crippen molar-refractivity contribution in [1.29, 1.82) is 0 Å². The highest BCUT2D eigenvalue weighted by Crippen LogP contribution is 2.39. The fourth-order valence-corrected chi connectivity index (χ4v) is 4.94. The molecule has 0 saturated carbocycles. The number of nitrogens with zero attached hydrogens (tertiary/aromatic N) is 3. The molecule has 0 unspecified atom stereocenters. The number of fused-ring (bicyclic) bond motifs is 1. The van der Waals surface area contributed by atoms with Gasteiger partial charge in [-0.15, -0.1) is 0 Å². The number of amides is 2. The van der Waals surface area contributed by atoms with Gasteiger partial charge in [-0.2, -0.15) is 0 Å². The number of anilines is 4. The number of para-hydroxylation sites is 1. The zero-order valence-corrected chi connectivity index (χ0v) is 21.1. The monoisotopic (exact) mass is 523 g/mol. The summed E-state index contributed by atoms with van der Waals surface area (Å²) in [6.07, 6.45) is 2.98. The van der Waals surface area contributed by atoms with Crippen LogP contribution in [0.15, 0.2) is 54.7 Å². The predicted octanol–water partition coefficient (Wildman–Crippen LogP) is 4.80. The Morgan fingerprint density at radius 2 is 1.89 bits per heavy atom. The van der Waals surface area contributed by atoms with Crippen LogP contribution in [0.4, 0.5) is 27.3 Å². The van der Waals surface area contributed by atoms with Crippen molar-refractivity contribution in [2.45, 2.75) is 19.8 Å². The zero-order valence-electron chi connectivity index (χ0n) is 20.3. The minimum absolute atomic E-state index is 0.174. The Balaban J connectivity index is 1.31. The molecule has 2 N–H and O–H groups in total. The van der Waals surface area contributed by atoms with Gasteiger partial charge in [0.1, 0.15) is 18.2 Å². The number of piperidine rings is 1. The summed E-state index contributed by atoms with van der Waals surface area (Å²) in [4.78, 5) is 35.5. The predicted molar refractivity (Wildman–Crippen MR) is 141 cm³/mol. The van der Waals surface area contributed by atoms with Gasteiger partial charge in [-0.1, -0.05) is 12.1 Å². The van der Waals surface area contributed by atoms with Crippen LogP contribution >= 0.6 is 11.8 Å². The van der Waals surface area contributed by atoms with Crippen LogP contribution in [0.25, 0.3) is 0 Å². The molecule has 2 aliphatic heterocycles. The fraction of sp³-hybridized carbons (Fsp3) is 0.296. The van der Waals surface area contributed by atoms with Crippen molar-refractivity contribution in [2.75, 3.05) is 41.4 Å². The summed E-state index contributed by atoms with van der Waals surface area (Å²) in [7, 11) is 0. The van der Waals surface area contributed by atoms with E-state index in [0.717, 1.165) is 17.1 Å². The van der Waals surface area contributed by atoms with Crippen LogP contribution in [-0.2, 0) is 4.79 Å². The molecule has 192 valence electrons. The quantitative estimate of drug-likeness (QED) is 0.467. The molecule has 2 aliphatic rings. The maximum absolute atomic E-state index is 15.0. The molecule has 1 saturated heterocycles. The molecule has 2 aromatic carbocycles. The van der Waals surface area contributed by atoms with E-state index in [2.05, 4.69) is 15.1 Å². The Labute approximate surface area is 219 Å². The molecular weight excluding hydrogens is 497 g/mol. The van der Waals surface area contributed by atoms with E-state index in [1.165, 1.54) is 6.07 Å². The van der Waals surface area contributed by atoms with Crippen LogP contribution in [-0.4, -0.2) is 43.0 Å². The van der Waals surface area contributed by atoms with Gasteiger partial charge in [-0.25, -0.2) is 9.37 Å². The van der Waals surface area contributed by atoms with Gasteiger partial charge in [0.05, 0.1) is 23.5 Å². The lowest BCUT2D eigenvalue weighted by atomic mass is 9.96. The lowest BCUT2D eigenvalue weighted by Gasteiger charge is -2.33. The molecular formula is C27H27ClFN5O3. The Morgan fingerprint density at radius 1 is 1.08 bits per heavy atom. The van der Waals surface area contributed by atoms with Crippen molar-refractivity contribution in [3.63, 3.8) is 0 Å². The van der Waals surface area contributed by atoms with Crippen molar-refractivity contribution in [2.24, 2.45) is 5.92 Å². The molecule has 0 aliphatic carbocycles. The topological polar surface area (TPSA) is 86.8 Å². The first kappa shape index (κ1) is 24.8. The number of hydrogen-bond donors (Lipinski definition) is 2. The highest BCUT2D eigenvalue weighted by atomic mass is 35.5. The second-order valence-corrected chi connectivity index (χ2v) is 9.38. The number of halogens is 2. The Hall–Kier alpha value is -3.85. The molecule has 8 nitrogen and oxygen atoms in total. The number of aromatic nitrogens is 1. The third-order valence-electron chi connectivity index (χ3n) is 6.77. The standard InChI is InChI=1S/C27H27ClFN5O3/c1-17-5-8-24(30-16-17)34-13-14-37-25-20(3-2-4-23(25)34)27(36)31-19-6-7-22(21(29)15-19)33-11-9-18(10-12-33)26(35)32-28/h2-8,15-16,18H,9-14H2,1H3,(H,31,36)(H,32,35). The first-order valence-electron chi connectivity index (χ1n) is 12.2. The van der Waals surface area contributed by atoms with E-state index in [-0.39, 0.29) is 11.8 Å². The molecule has 3 aromatic rings. The number of carbonyl (C=O) groups is 2. The normalized spacial score (nSPS) is 15.5. The first-order chi connectivity index (χ1) is 17.9. The van der Waals surface area contributed by atoms with Crippen LogP contribution in [0.2, 0.25) is 0 Å². The van der Waals surface area contributed by atoms with E-state index in [1.807, 2.05) is 34.9 Å². The molecule has 1 fully saturated rings. The summed E-state index contributed by atoms with van der Waals surface area (Å²) in [5.74, 6) is 0.0289. The SMILES string of the molecule is Cc1ccc(N2CCOc3c(C(=O)Nc4ccc(N5CCC(C(=O)NCl)CC5)c(F)c4)cccc32)nc1. The van der Waals surface area contributed by atoms with Gasteiger partial charge in [-0.05, 0) is 61.7 Å². The molecule has 3 heterocycles. The molecule has 0 spiro atoms. The van der Waals surface area contributed by atoms with Crippen molar-refractivity contribution in [3.8, 4) is 5.75 Å². The summed E-state index contributed by atoms with van der Waals surface area (Å²) < 4.78 is 20.9. The smallest absolute Gasteiger partial charge is 0.259 e. The lowest BCUT2D eigenvalue weighted by molar-refractivity contribution is -0.123. The van der Waals surface area contributed by atoms with Gasteiger partial charge in [0, 0.05) is 42.7 Å². The molecule has 10 heteroatoms. The third kappa shape index (κ3) is 5.17. The Bertz CT molecular complexity index is 1310. The second-order valence-electron chi connectivity index (χ2n) is 9.19. The van der Waals surface area contributed by atoms with E-state index in [0.29, 0.717) is 61.8 Å². The highest BCUT2D eigenvalue weighted by molar-refractivity contribution is 6.21. The number of aryl methyl sites for hydroxylation is 1. The van der Waals surface area contributed by atoms with Gasteiger partial charge in [0.15, 0.2) is 5.75 Å². The van der Waals surface area contributed by atoms with Crippen LogP contribution in [0.3, 0.4) is 0 Å². The molecule has 0 radical (unpaired) electrons. The highest BCUT2D eigenvalue weighted by Gasteiger charge is 2.27. The third-order valence-corrected chi connectivity index (χ3v) is 6.95. The zero-order chi connectivity index (χ0) is 25.9. The lowest BCUT2D eigenvalue weighted by Crippen LogP contribution is -2.39. The van der Waals surface area contributed by atoms with Gasteiger partial charge < -0.3 is 19.9 Å². The minimum Gasteiger partial charge on any atom is -0.489 e. The van der Waals surface area contributed by atoms with Crippen LogP contribution < -0.4 is 24.7 Å². The number of hydrogen-bond acceptors (Lipinski definition) is 6. The summed E-state index contributed by atoms with van der Waals surface area (Å²) in [6.45, 7) is 4.07. The van der Waals surface area contributed by atoms with E-state index < -0.39 is 11.7 Å². The summed E-state index contributed by atoms with van der Waals surface area (Å²) in [6, 6.07) is 13.9. The number of pyridine rings is 1. The molecule has 5 rings (SSSR count). The van der Waals surface area contributed by atoms with E-state index in [4.69, 9.17) is 16.5 Å². The first-order valence-corrected chi connectivity index (χ1v) is 12.5. The molecule has 37 heavy (non-hydrogen) atoms. The second kappa shape index (κ2) is 10.6. The van der Waals surface area contributed by atoms with Crippen LogP contribution in [0.1, 0.15) is 28.8 Å². The van der Waals surface area contributed by atoms with Crippen molar-refractivity contribution >= 4 is 46.5 Å². The van der Waals surface area contributed by atoms with Gasteiger partial charge in [0.2, 0.25) is 5.91 Å². The Kier molecular flexibility index (Phi) is 7.14. The molecule has 1 aromatic heterocycles. The van der Waals surface area contributed by atoms with Crippen molar-refractivity contribution in [3.05, 3.63) is 71.7 Å². The fourth-order valence-electron chi connectivity index (χ4n) is 4.78. The largest absolute Gasteiger partial charge is 0.489 e. The van der Waals surface area contributed by atoms with Gasteiger partial charge in [0.25, 0.3) is 5.91 Å². The molecule has 2 amide bonds. The maximum Gasteiger partial charge on any atom is 0.259 e. The Morgan fingerprint density at radius 3 is 2.59 bits per heavy atom. The van der Waals surface area contributed by atoms with Crippen molar-refractivity contribution in [1.82, 2.24) is 9.82 Å². The molecule has 0 atom stereocenters. The summed E-state index contributed by atoms with van der Waals surface area (Å²) in [5, 5.41) is 2.79. The van der Waals surface area contributed by atoms with Gasteiger partial charge in [-0.3, -0.25) is 14.4 Å². The minimum atomic E-state index is -0.444. The average Bonchev–Trinajstić information content (AvgIpc) is 2.92. The summed E-state index contributed by atoms with van der Waals surface area (Å²) >= 11 is 5.43. The number of nitrogens with one attached hydrogen (secondary N) is 2. The number of carbonyl (C=O) groups excluding carboxylic acids is 2. The van der Waals surface area contributed by atoms with Crippen molar-refractivity contribution < 1.29 is 18.7 Å². The van der Waals surface area contributed by atoms with E-state index in [1.54, 1.807) is 30.5 Å². The van der Waals surface area contributed by atoms with Gasteiger partial charge >= 0.3 is 0 Å². The average molecular weight is 524 g/mol. The van der Waals surface area contributed by atoms with Crippen LogP contribution in [0.5, 0.6) is 5.75 Å². The maximum atomic E-state index is 15.0. The van der Waals surface area contributed by atoms with Crippen LogP contribution in [0, 0.1) is 18.7 Å². The summed E-state index contributed by atoms with van der Waals surface area (Å²) in [5.41, 5.74) is 2.95.